The maximum absolute atomic E-state index is 13.2. The SMILES string of the molecule is O=C1CCC(/C=C(/C(=O)Nc2ncc(Cl)s2)c2ccc(S(=O)(=O)C3CC3)c(C3CC3)c2)C1. The van der Waals surface area contributed by atoms with Crippen molar-refractivity contribution in [2.45, 2.75) is 61.0 Å². The lowest BCUT2D eigenvalue weighted by atomic mass is 9.96. The normalized spacial score (nSPS) is 21.7. The van der Waals surface area contributed by atoms with Crippen LogP contribution in [0.2, 0.25) is 4.34 Å². The van der Waals surface area contributed by atoms with Gasteiger partial charge in [-0.25, -0.2) is 13.4 Å². The number of hydrogen-bond acceptors (Lipinski definition) is 6. The van der Waals surface area contributed by atoms with E-state index in [0.717, 1.165) is 18.4 Å². The molecule has 168 valence electrons. The second kappa shape index (κ2) is 8.39. The molecule has 1 aromatic carbocycles. The summed E-state index contributed by atoms with van der Waals surface area (Å²) < 4.78 is 26.4. The number of anilines is 1. The lowest BCUT2D eigenvalue weighted by molar-refractivity contribution is -0.117. The smallest absolute Gasteiger partial charge is 0.257 e. The molecule has 0 spiro atoms. The number of amides is 1. The van der Waals surface area contributed by atoms with Crippen LogP contribution < -0.4 is 5.32 Å². The number of benzene rings is 1. The van der Waals surface area contributed by atoms with Crippen LogP contribution in [0, 0.1) is 5.92 Å². The summed E-state index contributed by atoms with van der Waals surface area (Å²) in [5.74, 6) is 0.0631. The molecular weight excluding hydrogens is 468 g/mol. The van der Waals surface area contributed by atoms with Gasteiger partial charge in [0.15, 0.2) is 15.0 Å². The predicted molar refractivity (Wildman–Crippen MR) is 125 cm³/mol. The molecule has 3 aliphatic carbocycles. The third-order valence-electron chi connectivity index (χ3n) is 6.24. The molecule has 2 aromatic rings. The van der Waals surface area contributed by atoms with Gasteiger partial charge in [0.25, 0.3) is 5.91 Å². The van der Waals surface area contributed by atoms with Crippen molar-refractivity contribution in [3.8, 4) is 0 Å². The fourth-order valence-electron chi connectivity index (χ4n) is 4.25. The topological polar surface area (TPSA) is 93.2 Å². The Morgan fingerprint density at radius 2 is 1.97 bits per heavy atom. The summed E-state index contributed by atoms with van der Waals surface area (Å²) >= 11 is 7.11. The lowest BCUT2D eigenvalue weighted by Gasteiger charge is -2.15. The molecular formula is C23H23ClN2O4S2. The summed E-state index contributed by atoms with van der Waals surface area (Å²) in [6, 6.07) is 5.25. The van der Waals surface area contributed by atoms with Crippen molar-refractivity contribution in [3.05, 3.63) is 45.9 Å². The average Bonchev–Trinajstić information content (AvgIpc) is 3.68. The number of carbonyl (C=O) groups excluding carboxylic acids is 2. The number of rotatable bonds is 7. The number of thiazole rings is 1. The minimum Gasteiger partial charge on any atom is -0.300 e. The molecule has 9 heteroatoms. The zero-order valence-electron chi connectivity index (χ0n) is 17.3. The van der Waals surface area contributed by atoms with Gasteiger partial charge in [0.1, 0.15) is 10.1 Å². The van der Waals surface area contributed by atoms with Crippen molar-refractivity contribution in [1.82, 2.24) is 4.98 Å². The molecule has 3 aliphatic rings. The monoisotopic (exact) mass is 490 g/mol. The van der Waals surface area contributed by atoms with Crippen molar-refractivity contribution < 1.29 is 18.0 Å². The van der Waals surface area contributed by atoms with Gasteiger partial charge in [0.2, 0.25) is 0 Å². The van der Waals surface area contributed by atoms with Crippen LogP contribution in [0.5, 0.6) is 0 Å². The largest absolute Gasteiger partial charge is 0.300 e. The van der Waals surface area contributed by atoms with Gasteiger partial charge in [-0.1, -0.05) is 35.1 Å². The van der Waals surface area contributed by atoms with Gasteiger partial charge in [-0.2, -0.15) is 0 Å². The number of aromatic nitrogens is 1. The van der Waals surface area contributed by atoms with E-state index in [-0.39, 0.29) is 28.8 Å². The molecule has 1 amide bonds. The summed E-state index contributed by atoms with van der Waals surface area (Å²) in [7, 11) is -3.33. The quantitative estimate of drug-likeness (QED) is 0.551. The number of ketones is 1. The first-order chi connectivity index (χ1) is 15.3. The van der Waals surface area contributed by atoms with Crippen LogP contribution in [0.4, 0.5) is 5.13 Å². The van der Waals surface area contributed by atoms with Crippen LogP contribution in [0.25, 0.3) is 5.57 Å². The summed E-state index contributed by atoms with van der Waals surface area (Å²) in [6.07, 6.45) is 8.32. The van der Waals surface area contributed by atoms with Crippen LogP contribution in [-0.4, -0.2) is 30.3 Å². The number of sulfone groups is 1. The van der Waals surface area contributed by atoms with E-state index in [9.17, 15) is 18.0 Å². The van der Waals surface area contributed by atoms with Crippen LogP contribution in [0.3, 0.4) is 0 Å². The van der Waals surface area contributed by atoms with Gasteiger partial charge in [-0.3, -0.25) is 14.9 Å². The van der Waals surface area contributed by atoms with E-state index in [1.807, 2.05) is 12.1 Å². The van der Waals surface area contributed by atoms with Crippen LogP contribution >= 0.6 is 22.9 Å². The molecule has 6 nitrogen and oxygen atoms in total. The molecule has 1 aromatic heterocycles. The van der Waals surface area contributed by atoms with E-state index in [1.54, 1.807) is 12.1 Å². The van der Waals surface area contributed by atoms with E-state index in [0.29, 0.717) is 57.6 Å². The highest BCUT2D eigenvalue weighted by Gasteiger charge is 2.40. The number of hydrogen-bond donors (Lipinski definition) is 1. The number of Topliss-reactive ketones (excluding diaryl/α,β-unsaturated/α-hetero) is 1. The molecule has 3 fully saturated rings. The van der Waals surface area contributed by atoms with Gasteiger partial charge in [0.05, 0.1) is 16.3 Å². The van der Waals surface area contributed by atoms with Crippen LogP contribution in [-0.2, 0) is 19.4 Å². The van der Waals surface area contributed by atoms with Crippen LogP contribution in [0.1, 0.15) is 62.0 Å². The molecule has 1 unspecified atom stereocenters. The highest BCUT2D eigenvalue weighted by Crippen LogP contribution is 2.46. The first-order valence-corrected chi connectivity index (χ1v) is 13.6. The Morgan fingerprint density at radius 3 is 2.56 bits per heavy atom. The molecule has 32 heavy (non-hydrogen) atoms. The Hall–Kier alpha value is -2.03. The minimum absolute atomic E-state index is 0.0117. The second-order valence-electron chi connectivity index (χ2n) is 8.82. The summed E-state index contributed by atoms with van der Waals surface area (Å²) in [4.78, 5) is 29.5. The Labute approximate surface area is 196 Å². The molecule has 1 heterocycles. The Kier molecular flexibility index (Phi) is 5.72. The Bertz CT molecular complexity index is 1230. The summed E-state index contributed by atoms with van der Waals surface area (Å²) in [5.41, 5.74) is 1.92. The van der Waals surface area contributed by atoms with Crippen molar-refractivity contribution in [1.29, 1.82) is 0 Å². The molecule has 1 N–H and O–H groups in total. The average molecular weight is 491 g/mol. The van der Waals surface area contributed by atoms with Gasteiger partial charge in [-0.15, -0.1) is 0 Å². The Balaban J connectivity index is 1.53. The lowest BCUT2D eigenvalue weighted by Crippen LogP contribution is -2.15. The maximum Gasteiger partial charge on any atom is 0.257 e. The highest BCUT2D eigenvalue weighted by molar-refractivity contribution is 7.92. The first kappa shape index (κ1) is 21.8. The molecule has 0 saturated heterocycles. The van der Waals surface area contributed by atoms with Gasteiger partial charge in [-0.05, 0) is 67.2 Å². The number of allylic oxidation sites excluding steroid dienone is 1. The number of halogens is 1. The van der Waals surface area contributed by atoms with E-state index >= 15 is 0 Å². The standard InChI is InChI=1S/C23H23ClN2O4S2/c24-21-12-25-23(31-21)26-22(28)19(10-13-1-5-16(27)9-13)15-4-8-20(18(11-15)14-2-3-14)32(29,30)17-6-7-17/h4,8,10-14,17H,1-3,5-7,9H2,(H,25,26,28)/b19-10+. The highest BCUT2D eigenvalue weighted by atomic mass is 35.5. The summed E-state index contributed by atoms with van der Waals surface area (Å²) in [5, 5.41) is 2.91. The zero-order chi connectivity index (χ0) is 22.5. The molecule has 0 bridgehead atoms. The molecule has 0 radical (unpaired) electrons. The van der Waals surface area contributed by atoms with Crippen molar-refractivity contribution >= 4 is 55.2 Å². The fraction of sp³-hybridized carbons (Fsp3) is 0.435. The minimum atomic E-state index is -3.33. The fourth-order valence-corrected chi connectivity index (χ4v) is 6.98. The maximum atomic E-state index is 13.2. The van der Waals surface area contributed by atoms with Gasteiger partial charge < -0.3 is 0 Å². The van der Waals surface area contributed by atoms with E-state index in [1.165, 1.54) is 17.5 Å². The Morgan fingerprint density at radius 1 is 1.19 bits per heavy atom. The molecule has 1 atom stereocenters. The molecule has 5 rings (SSSR count). The third kappa shape index (κ3) is 4.54. The van der Waals surface area contributed by atoms with Crippen molar-refractivity contribution in [2.75, 3.05) is 5.32 Å². The summed E-state index contributed by atoms with van der Waals surface area (Å²) in [6.45, 7) is 0. The number of nitrogens with zero attached hydrogens (tertiary/aromatic N) is 1. The van der Waals surface area contributed by atoms with Gasteiger partial charge >= 0.3 is 0 Å². The zero-order valence-corrected chi connectivity index (χ0v) is 19.7. The molecule has 0 aliphatic heterocycles. The van der Waals surface area contributed by atoms with E-state index in [4.69, 9.17) is 11.6 Å². The van der Waals surface area contributed by atoms with E-state index < -0.39 is 9.84 Å². The van der Waals surface area contributed by atoms with Crippen LogP contribution in [0.15, 0.2) is 35.4 Å². The second-order valence-corrected chi connectivity index (χ2v) is 12.7. The third-order valence-corrected chi connectivity index (χ3v) is 9.60. The number of carbonyl (C=O) groups is 2. The first-order valence-electron chi connectivity index (χ1n) is 10.9. The van der Waals surface area contributed by atoms with Gasteiger partial charge in [0, 0.05) is 18.4 Å². The molecule has 3 saturated carbocycles. The predicted octanol–water partition coefficient (Wildman–Crippen LogP) is 5.00. The van der Waals surface area contributed by atoms with E-state index in [2.05, 4.69) is 10.3 Å². The van der Waals surface area contributed by atoms with Crippen molar-refractivity contribution in [2.24, 2.45) is 5.92 Å². The van der Waals surface area contributed by atoms with Crippen molar-refractivity contribution in [3.63, 3.8) is 0 Å². The number of nitrogens with one attached hydrogen (secondary N) is 1.